The minimum atomic E-state index is -1.11. The number of nitrogens with one attached hydrogen (secondary N) is 1. The number of aliphatic hydroxyl groups is 1. The number of hydrogen-bond acceptors (Lipinski definition) is 6. The summed E-state index contributed by atoms with van der Waals surface area (Å²) in [5.41, 5.74) is 0.489. The maximum Gasteiger partial charge on any atom is 0.408 e. The first kappa shape index (κ1) is 21.5. The summed E-state index contributed by atoms with van der Waals surface area (Å²) in [4.78, 5) is 38.5. The zero-order valence-electron chi connectivity index (χ0n) is 16.2. The minimum Gasteiger partial charge on any atom is -0.465 e. The molecular formula is C19H22ClN3O5S. The number of nitrogens with zero attached hydrogens (tertiary/aromatic N) is 2. The van der Waals surface area contributed by atoms with E-state index in [1.54, 1.807) is 45.0 Å². The number of carbonyl (C=O) groups is 3. The van der Waals surface area contributed by atoms with Gasteiger partial charge in [0.15, 0.2) is 0 Å². The van der Waals surface area contributed by atoms with Gasteiger partial charge >= 0.3 is 6.09 Å². The Balaban J connectivity index is 1.96. The van der Waals surface area contributed by atoms with Crippen molar-refractivity contribution in [3.8, 4) is 0 Å². The average molecular weight is 440 g/mol. The van der Waals surface area contributed by atoms with Crippen molar-refractivity contribution in [3.63, 3.8) is 0 Å². The van der Waals surface area contributed by atoms with Gasteiger partial charge < -0.3 is 15.1 Å². The number of carbonyl (C=O) groups excluding carboxylic acids is 2. The molecule has 2 atom stereocenters. The molecule has 1 aromatic rings. The van der Waals surface area contributed by atoms with Crippen LogP contribution >= 0.6 is 23.4 Å². The maximum atomic E-state index is 11.9. The highest BCUT2D eigenvalue weighted by molar-refractivity contribution is 8.18. The summed E-state index contributed by atoms with van der Waals surface area (Å²) in [5, 5.41) is 22.5. The average Bonchev–Trinajstić information content (AvgIpc) is 3.08. The van der Waals surface area contributed by atoms with Crippen molar-refractivity contribution >= 4 is 52.4 Å². The van der Waals surface area contributed by atoms with E-state index in [9.17, 15) is 24.6 Å². The van der Waals surface area contributed by atoms with Gasteiger partial charge in [-0.05, 0) is 44.7 Å². The summed E-state index contributed by atoms with van der Waals surface area (Å²) in [5.74, 6) is -0.477. The van der Waals surface area contributed by atoms with E-state index in [1.807, 2.05) is 4.90 Å². The fraction of sp³-hybridized carbons (Fsp3) is 0.421. The highest BCUT2D eigenvalue weighted by atomic mass is 35.5. The summed E-state index contributed by atoms with van der Waals surface area (Å²) in [6, 6.07) is 4.52. The molecule has 2 heterocycles. The van der Waals surface area contributed by atoms with Crippen molar-refractivity contribution < 1.29 is 24.6 Å². The van der Waals surface area contributed by atoms with Crippen molar-refractivity contribution in [2.45, 2.75) is 38.5 Å². The third-order valence-electron chi connectivity index (χ3n) is 4.78. The molecule has 2 aliphatic heterocycles. The summed E-state index contributed by atoms with van der Waals surface area (Å²) < 4.78 is 0. The molecule has 0 unspecified atom stereocenters. The van der Waals surface area contributed by atoms with Crippen LogP contribution in [0.2, 0.25) is 5.02 Å². The molecule has 0 radical (unpaired) electrons. The van der Waals surface area contributed by atoms with Crippen molar-refractivity contribution in [2.75, 3.05) is 18.0 Å². The van der Waals surface area contributed by atoms with Crippen LogP contribution in [0.15, 0.2) is 23.1 Å². The topological polar surface area (TPSA) is 110 Å². The molecule has 0 saturated carbocycles. The normalized spacial score (nSPS) is 23.6. The number of para-hydroxylation sites is 1. The lowest BCUT2D eigenvalue weighted by atomic mass is 10.0. The Hall–Kier alpha value is -2.23. The molecule has 0 spiro atoms. The van der Waals surface area contributed by atoms with Crippen molar-refractivity contribution in [3.05, 3.63) is 33.7 Å². The van der Waals surface area contributed by atoms with Crippen LogP contribution in [0.5, 0.6) is 0 Å². The number of rotatable bonds is 3. The van der Waals surface area contributed by atoms with Gasteiger partial charge in [-0.25, -0.2) is 4.79 Å². The number of thioether (sulfide) groups is 1. The molecule has 0 aromatic heterocycles. The van der Waals surface area contributed by atoms with Crippen molar-refractivity contribution in [1.29, 1.82) is 0 Å². The first-order chi connectivity index (χ1) is 13.5. The SMILES string of the molecule is CC(C)(C)N(C(=O)O)[C@H]1CN(c2c(Cl)cccc2/C=C2\SC(=O)NC2=O)C[C@@H]1O. The van der Waals surface area contributed by atoms with Gasteiger partial charge in [0.2, 0.25) is 0 Å². The fourth-order valence-electron chi connectivity index (χ4n) is 3.68. The molecule has 3 rings (SSSR count). The van der Waals surface area contributed by atoms with Gasteiger partial charge in [-0.2, -0.15) is 0 Å². The molecule has 0 bridgehead atoms. The number of hydrogen-bond donors (Lipinski definition) is 3. The Labute approximate surface area is 177 Å². The fourth-order valence-corrected chi connectivity index (χ4v) is 4.65. The summed E-state index contributed by atoms with van der Waals surface area (Å²) in [7, 11) is 0. The second-order valence-corrected chi connectivity index (χ2v) is 9.31. The molecule has 2 aliphatic rings. The van der Waals surface area contributed by atoms with Gasteiger partial charge in [0.1, 0.15) is 0 Å². The third-order valence-corrected chi connectivity index (χ3v) is 5.90. The lowest BCUT2D eigenvalue weighted by Gasteiger charge is -2.39. The molecule has 2 saturated heterocycles. The van der Waals surface area contributed by atoms with E-state index in [-0.39, 0.29) is 18.0 Å². The Morgan fingerprint density at radius 3 is 2.59 bits per heavy atom. The van der Waals surface area contributed by atoms with Gasteiger partial charge in [-0.3, -0.25) is 19.8 Å². The minimum absolute atomic E-state index is 0.183. The Morgan fingerprint density at radius 1 is 1.34 bits per heavy atom. The van der Waals surface area contributed by atoms with Crippen molar-refractivity contribution in [1.82, 2.24) is 10.2 Å². The molecule has 3 amide bonds. The molecule has 2 fully saturated rings. The Morgan fingerprint density at radius 2 is 2.03 bits per heavy atom. The zero-order chi connectivity index (χ0) is 21.5. The predicted octanol–water partition coefficient (Wildman–Crippen LogP) is 2.99. The van der Waals surface area contributed by atoms with Crippen LogP contribution < -0.4 is 10.2 Å². The number of halogens is 1. The molecule has 1 aromatic carbocycles. The number of anilines is 1. The van der Waals surface area contributed by atoms with Crippen molar-refractivity contribution in [2.24, 2.45) is 0 Å². The van der Waals surface area contributed by atoms with Crippen LogP contribution in [0.3, 0.4) is 0 Å². The monoisotopic (exact) mass is 439 g/mol. The number of benzene rings is 1. The Kier molecular flexibility index (Phi) is 5.84. The lowest BCUT2D eigenvalue weighted by Crippen LogP contribution is -2.55. The third kappa shape index (κ3) is 4.36. The maximum absolute atomic E-state index is 11.9. The highest BCUT2D eigenvalue weighted by Gasteiger charge is 2.43. The van der Waals surface area contributed by atoms with E-state index in [4.69, 9.17) is 11.6 Å². The highest BCUT2D eigenvalue weighted by Crippen LogP contribution is 2.37. The molecule has 29 heavy (non-hydrogen) atoms. The van der Waals surface area contributed by atoms with Gasteiger partial charge in [0.05, 0.1) is 27.8 Å². The molecule has 8 nitrogen and oxygen atoms in total. The first-order valence-electron chi connectivity index (χ1n) is 8.97. The van der Waals surface area contributed by atoms with E-state index >= 15 is 0 Å². The largest absolute Gasteiger partial charge is 0.465 e. The van der Waals surface area contributed by atoms with Crippen LogP contribution in [0.1, 0.15) is 26.3 Å². The van der Waals surface area contributed by atoms with Gasteiger partial charge in [0, 0.05) is 24.2 Å². The predicted molar refractivity (Wildman–Crippen MR) is 112 cm³/mol. The van der Waals surface area contributed by atoms with Gasteiger partial charge in [-0.1, -0.05) is 23.7 Å². The second kappa shape index (κ2) is 7.89. The number of amides is 3. The van der Waals surface area contributed by atoms with E-state index in [1.165, 1.54) is 4.90 Å². The Bertz CT molecular complexity index is 898. The number of carboxylic acid groups (broad SMARTS) is 1. The number of β-amino-alcohol motifs (C(OH)–C–C–N with tert-alkyl or cyclic N) is 1. The second-order valence-electron chi connectivity index (χ2n) is 7.89. The number of imide groups is 1. The van der Waals surface area contributed by atoms with Gasteiger partial charge in [0.25, 0.3) is 11.1 Å². The first-order valence-corrected chi connectivity index (χ1v) is 10.2. The van der Waals surface area contributed by atoms with Crippen LogP contribution in [0.4, 0.5) is 15.3 Å². The molecular weight excluding hydrogens is 418 g/mol. The van der Waals surface area contributed by atoms with Crippen LogP contribution in [0.25, 0.3) is 6.08 Å². The van der Waals surface area contributed by atoms with E-state index in [0.29, 0.717) is 16.3 Å². The summed E-state index contributed by atoms with van der Waals surface area (Å²) in [6.45, 7) is 5.74. The smallest absolute Gasteiger partial charge is 0.408 e. The van der Waals surface area contributed by atoms with E-state index in [2.05, 4.69) is 5.32 Å². The number of aliphatic hydroxyl groups excluding tert-OH is 1. The standard InChI is InChI=1S/C19H22ClN3O5S/c1-19(2,3)23(18(27)28)12-8-22(9-13(12)24)15-10(5-4-6-11(15)20)7-14-16(25)21-17(26)29-14/h4-7,12-13,24H,8-9H2,1-3H3,(H,27,28)(H,21,25,26)/b14-7-/t12-,13-/m0/s1. The molecule has 3 N–H and O–H groups in total. The molecule has 0 aliphatic carbocycles. The van der Waals surface area contributed by atoms with Crippen LogP contribution in [-0.2, 0) is 4.79 Å². The lowest BCUT2D eigenvalue weighted by molar-refractivity contribution is -0.115. The quantitative estimate of drug-likeness (QED) is 0.621. The summed E-state index contributed by atoms with van der Waals surface area (Å²) in [6.07, 6.45) is -0.444. The summed E-state index contributed by atoms with van der Waals surface area (Å²) >= 11 is 7.23. The molecule has 156 valence electrons. The van der Waals surface area contributed by atoms with E-state index in [0.717, 1.165) is 11.8 Å². The zero-order valence-corrected chi connectivity index (χ0v) is 17.8. The van der Waals surface area contributed by atoms with E-state index < -0.39 is 34.9 Å². The van der Waals surface area contributed by atoms with Gasteiger partial charge in [-0.15, -0.1) is 0 Å². The van der Waals surface area contributed by atoms with Crippen LogP contribution in [-0.4, -0.2) is 63.1 Å². The molecule has 10 heteroatoms. The van der Waals surface area contributed by atoms with Crippen LogP contribution in [0, 0.1) is 0 Å².